The Balaban J connectivity index is 1.43. The summed E-state index contributed by atoms with van der Waals surface area (Å²) >= 11 is 3.48. The van der Waals surface area contributed by atoms with Crippen molar-refractivity contribution in [2.75, 3.05) is 26.2 Å². The van der Waals surface area contributed by atoms with Crippen molar-refractivity contribution in [1.29, 1.82) is 0 Å². The Labute approximate surface area is 160 Å². The molecule has 134 valence electrons. The average Bonchev–Trinajstić information content (AvgIpc) is 3.01. The number of amides is 1. The summed E-state index contributed by atoms with van der Waals surface area (Å²) in [6, 6.07) is 10.3. The molecule has 0 bridgehead atoms. The number of hydrogen-bond donors (Lipinski definition) is 0. The standard InChI is InChI=1S/C19H20BrN5O/c1-14-5-2-3-6-15(14)13-23-9-11-24(12-10-23)19(26)17-16(20)18-21-7-4-8-25(18)22-17/h2-8H,9-13H2,1H3. The highest BCUT2D eigenvalue weighted by atomic mass is 79.9. The Hall–Kier alpha value is -2.25. The van der Waals surface area contributed by atoms with Gasteiger partial charge in [-0.3, -0.25) is 9.69 Å². The van der Waals surface area contributed by atoms with Gasteiger partial charge in [0.1, 0.15) is 0 Å². The fourth-order valence-electron chi connectivity index (χ4n) is 3.28. The Kier molecular flexibility index (Phi) is 4.74. The van der Waals surface area contributed by atoms with E-state index in [9.17, 15) is 4.79 Å². The van der Waals surface area contributed by atoms with Gasteiger partial charge in [-0.15, -0.1) is 0 Å². The van der Waals surface area contributed by atoms with E-state index >= 15 is 0 Å². The second kappa shape index (κ2) is 7.17. The van der Waals surface area contributed by atoms with E-state index in [2.05, 4.69) is 62.1 Å². The summed E-state index contributed by atoms with van der Waals surface area (Å²) in [5, 5.41) is 4.39. The molecule has 1 amide bonds. The monoisotopic (exact) mass is 413 g/mol. The lowest BCUT2D eigenvalue weighted by Crippen LogP contribution is -2.48. The van der Waals surface area contributed by atoms with E-state index < -0.39 is 0 Å². The first-order chi connectivity index (χ1) is 12.6. The molecule has 0 N–H and O–H groups in total. The van der Waals surface area contributed by atoms with Crippen molar-refractivity contribution < 1.29 is 4.79 Å². The smallest absolute Gasteiger partial charge is 0.275 e. The van der Waals surface area contributed by atoms with Crippen LogP contribution in [0.3, 0.4) is 0 Å². The average molecular weight is 414 g/mol. The van der Waals surface area contributed by atoms with Crippen LogP contribution in [0.15, 0.2) is 47.2 Å². The summed E-state index contributed by atoms with van der Waals surface area (Å²) < 4.78 is 2.29. The fourth-order valence-corrected chi connectivity index (χ4v) is 3.82. The highest BCUT2D eigenvalue weighted by Crippen LogP contribution is 2.22. The number of carbonyl (C=O) groups excluding carboxylic acids is 1. The molecular formula is C19H20BrN5O. The second-order valence-corrected chi connectivity index (χ2v) is 7.34. The molecule has 0 radical (unpaired) electrons. The van der Waals surface area contributed by atoms with Crippen LogP contribution < -0.4 is 0 Å². The molecule has 0 saturated carbocycles. The molecule has 26 heavy (non-hydrogen) atoms. The number of rotatable bonds is 3. The molecule has 0 atom stereocenters. The van der Waals surface area contributed by atoms with Crippen LogP contribution in [0.2, 0.25) is 0 Å². The summed E-state index contributed by atoms with van der Waals surface area (Å²) in [5.74, 6) is -0.0436. The number of fused-ring (bicyclic) bond motifs is 1. The van der Waals surface area contributed by atoms with Crippen LogP contribution >= 0.6 is 15.9 Å². The fraction of sp³-hybridized carbons (Fsp3) is 0.316. The SMILES string of the molecule is Cc1ccccc1CN1CCN(C(=O)c2nn3cccnc3c2Br)CC1. The first-order valence-electron chi connectivity index (χ1n) is 8.68. The highest BCUT2D eigenvalue weighted by molar-refractivity contribution is 9.10. The molecule has 1 saturated heterocycles. The van der Waals surface area contributed by atoms with Gasteiger partial charge in [0.25, 0.3) is 5.91 Å². The molecule has 0 aliphatic carbocycles. The number of piperazine rings is 1. The van der Waals surface area contributed by atoms with E-state index in [-0.39, 0.29) is 5.91 Å². The van der Waals surface area contributed by atoms with Gasteiger partial charge >= 0.3 is 0 Å². The number of benzene rings is 1. The maximum Gasteiger partial charge on any atom is 0.275 e. The third-order valence-corrected chi connectivity index (χ3v) is 5.59. The first-order valence-corrected chi connectivity index (χ1v) is 9.48. The van der Waals surface area contributed by atoms with Crippen LogP contribution in [0.4, 0.5) is 0 Å². The van der Waals surface area contributed by atoms with Gasteiger partial charge in [-0.2, -0.15) is 5.10 Å². The lowest BCUT2D eigenvalue weighted by molar-refractivity contribution is 0.0621. The largest absolute Gasteiger partial charge is 0.335 e. The number of hydrogen-bond acceptors (Lipinski definition) is 4. The van der Waals surface area contributed by atoms with E-state index in [0.29, 0.717) is 28.9 Å². The molecule has 1 aliphatic heterocycles. The molecule has 3 heterocycles. The Morgan fingerprint density at radius 2 is 1.92 bits per heavy atom. The van der Waals surface area contributed by atoms with Gasteiger partial charge in [-0.05, 0) is 40.0 Å². The van der Waals surface area contributed by atoms with E-state index in [4.69, 9.17) is 0 Å². The maximum absolute atomic E-state index is 12.9. The molecule has 2 aromatic heterocycles. The van der Waals surface area contributed by atoms with Crippen LogP contribution in [0.1, 0.15) is 21.6 Å². The van der Waals surface area contributed by atoms with Crippen LogP contribution in [0, 0.1) is 6.92 Å². The van der Waals surface area contributed by atoms with Gasteiger partial charge in [-0.1, -0.05) is 24.3 Å². The van der Waals surface area contributed by atoms with Crippen molar-refractivity contribution in [2.45, 2.75) is 13.5 Å². The van der Waals surface area contributed by atoms with Crippen molar-refractivity contribution in [1.82, 2.24) is 24.4 Å². The molecule has 1 aromatic carbocycles. The van der Waals surface area contributed by atoms with Gasteiger partial charge in [0.15, 0.2) is 11.3 Å². The van der Waals surface area contributed by atoms with Gasteiger partial charge in [0.05, 0.1) is 4.47 Å². The minimum atomic E-state index is -0.0436. The summed E-state index contributed by atoms with van der Waals surface area (Å²) in [7, 11) is 0. The van der Waals surface area contributed by atoms with Crippen molar-refractivity contribution in [2.24, 2.45) is 0 Å². The van der Waals surface area contributed by atoms with Crippen LogP contribution in [-0.4, -0.2) is 56.5 Å². The summed E-state index contributed by atoms with van der Waals surface area (Å²) in [6.45, 7) is 6.21. The van der Waals surface area contributed by atoms with Crippen LogP contribution in [-0.2, 0) is 6.54 Å². The minimum absolute atomic E-state index is 0.0436. The molecule has 3 aromatic rings. The van der Waals surface area contributed by atoms with Crippen molar-refractivity contribution >= 4 is 27.5 Å². The summed E-state index contributed by atoms with van der Waals surface area (Å²) in [6.07, 6.45) is 3.49. The van der Waals surface area contributed by atoms with Gasteiger partial charge < -0.3 is 4.90 Å². The zero-order valence-corrected chi connectivity index (χ0v) is 16.2. The van der Waals surface area contributed by atoms with Gasteiger partial charge in [0.2, 0.25) is 0 Å². The quantitative estimate of drug-likeness (QED) is 0.662. The zero-order valence-electron chi connectivity index (χ0n) is 14.6. The summed E-state index contributed by atoms with van der Waals surface area (Å²) in [5.41, 5.74) is 3.75. The Bertz CT molecular complexity index is 946. The minimum Gasteiger partial charge on any atom is -0.335 e. The maximum atomic E-state index is 12.9. The number of nitrogens with zero attached hydrogens (tertiary/aromatic N) is 5. The third-order valence-electron chi connectivity index (χ3n) is 4.86. The lowest BCUT2D eigenvalue weighted by Gasteiger charge is -2.34. The Morgan fingerprint density at radius 3 is 2.65 bits per heavy atom. The molecule has 4 rings (SSSR count). The predicted molar refractivity (Wildman–Crippen MR) is 103 cm³/mol. The molecule has 7 heteroatoms. The topological polar surface area (TPSA) is 53.7 Å². The van der Waals surface area contributed by atoms with Crippen molar-refractivity contribution in [3.8, 4) is 0 Å². The van der Waals surface area contributed by atoms with Crippen molar-refractivity contribution in [3.63, 3.8) is 0 Å². The number of carbonyl (C=O) groups is 1. The van der Waals surface area contributed by atoms with E-state index in [0.717, 1.165) is 19.6 Å². The normalized spacial score (nSPS) is 15.5. The molecule has 1 aliphatic rings. The number of aryl methyl sites for hydroxylation is 1. The lowest BCUT2D eigenvalue weighted by atomic mass is 10.1. The van der Waals surface area contributed by atoms with E-state index in [1.165, 1.54) is 11.1 Å². The first kappa shape index (κ1) is 17.2. The van der Waals surface area contributed by atoms with Gasteiger partial charge in [0, 0.05) is 45.1 Å². The molecular weight excluding hydrogens is 394 g/mol. The molecule has 0 unspecified atom stereocenters. The summed E-state index contributed by atoms with van der Waals surface area (Å²) in [4.78, 5) is 21.4. The second-order valence-electron chi connectivity index (χ2n) is 6.55. The van der Waals surface area contributed by atoms with E-state index in [1.54, 1.807) is 23.0 Å². The number of aromatic nitrogens is 3. The van der Waals surface area contributed by atoms with E-state index in [1.807, 2.05) is 4.90 Å². The van der Waals surface area contributed by atoms with Crippen molar-refractivity contribution in [3.05, 3.63) is 64.0 Å². The third kappa shape index (κ3) is 3.24. The predicted octanol–water partition coefficient (Wildman–Crippen LogP) is 2.76. The van der Waals surface area contributed by atoms with Crippen LogP contribution in [0.25, 0.3) is 5.65 Å². The molecule has 6 nitrogen and oxygen atoms in total. The van der Waals surface area contributed by atoms with Gasteiger partial charge in [-0.25, -0.2) is 9.50 Å². The van der Waals surface area contributed by atoms with Crippen LogP contribution in [0.5, 0.6) is 0 Å². The Morgan fingerprint density at radius 1 is 1.15 bits per heavy atom. The number of halogens is 1. The highest BCUT2D eigenvalue weighted by Gasteiger charge is 2.27. The zero-order chi connectivity index (χ0) is 18.1. The molecule has 0 spiro atoms. The molecule has 1 fully saturated rings.